The average Bonchev–Trinajstić information content (AvgIpc) is 3.04. The van der Waals surface area contributed by atoms with E-state index < -0.39 is 0 Å². The van der Waals surface area contributed by atoms with Crippen LogP contribution in [0.25, 0.3) is 0 Å². The van der Waals surface area contributed by atoms with Crippen molar-refractivity contribution in [3.05, 3.63) is 59.8 Å². The molecule has 2 rings (SSSR count). The van der Waals surface area contributed by atoms with Crippen molar-refractivity contribution in [2.24, 2.45) is 5.41 Å². The standard InChI is InChI=1S/C22H32O2/c1-19-13-11-16-22(2,3)20(19)14-9-7-5-4-6-8-10-17-23-21-15-12-18-24-21/h4-10,14,21H,11-13,15-18H2,1-3H3/b6-4+,7-5+,10-8+,14-9+. The molecule has 1 fully saturated rings. The van der Waals surface area contributed by atoms with Gasteiger partial charge in [-0.05, 0) is 43.6 Å². The van der Waals surface area contributed by atoms with Crippen LogP contribution in [0.15, 0.2) is 59.8 Å². The molecule has 0 radical (unpaired) electrons. The summed E-state index contributed by atoms with van der Waals surface area (Å²) in [6.07, 6.45) is 22.7. The molecule has 0 N–H and O–H groups in total. The first kappa shape index (κ1) is 19.0. The molecule has 1 aliphatic carbocycles. The monoisotopic (exact) mass is 328 g/mol. The summed E-state index contributed by atoms with van der Waals surface area (Å²) < 4.78 is 11.0. The third kappa shape index (κ3) is 6.26. The van der Waals surface area contributed by atoms with Crippen molar-refractivity contribution in [1.82, 2.24) is 0 Å². The van der Waals surface area contributed by atoms with Gasteiger partial charge in [-0.3, -0.25) is 0 Å². The summed E-state index contributed by atoms with van der Waals surface area (Å²) in [5, 5.41) is 0. The molecule has 2 aliphatic rings. The minimum absolute atomic E-state index is 0.00506. The van der Waals surface area contributed by atoms with Gasteiger partial charge in [-0.1, -0.05) is 68.0 Å². The summed E-state index contributed by atoms with van der Waals surface area (Å²) in [7, 11) is 0. The van der Waals surface area contributed by atoms with E-state index in [9.17, 15) is 0 Å². The first-order chi connectivity index (χ1) is 11.6. The van der Waals surface area contributed by atoms with E-state index in [1.807, 2.05) is 24.3 Å². The van der Waals surface area contributed by atoms with Crippen LogP contribution in [0.4, 0.5) is 0 Å². The molecule has 1 saturated heterocycles. The quantitative estimate of drug-likeness (QED) is 0.542. The van der Waals surface area contributed by atoms with E-state index in [1.54, 1.807) is 5.57 Å². The molecule has 2 nitrogen and oxygen atoms in total. The van der Waals surface area contributed by atoms with Crippen molar-refractivity contribution in [1.29, 1.82) is 0 Å². The minimum atomic E-state index is 0.00506. The number of rotatable bonds is 7. The number of allylic oxidation sites excluding steroid dienone is 9. The molecular weight excluding hydrogens is 296 g/mol. The van der Waals surface area contributed by atoms with Crippen LogP contribution in [0, 0.1) is 5.41 Å². The van der Waals surface area contributed by atoms with E-state index in [-0.39, 0.29) is 6.29 Å². The molecule has 1 heterocycles. The molecule has 0 bridgehead atoms. The summed E-state index contributed by atoms with van der Waals surface area (Å²) in [6.45, 7) is 8.42. The maximum absolute atomic E-state index is 5.57. The molecule has 0 saturated carbocycles. The lowest BCUT2D eigenvalue weighted by atomic mass is 9.73. The van der Waals surface area contributed by atoms with Gasteiger partial charge >= 0.3 is 0 Å². The van der Waals surface area contributed by atoms with E-state index in [4.69, 9.17) is 9.47 Å². The number of hydrogen-bond acceptors (Lipinski definition) is 2. The highest BCUT2D eigenvalue weighted by Gasteiger charge is 2.26. The fourth-order valence-corrected chi connectivity index (χ4v) is 3.40. The molecule has 24 heavy (non-hydrogen) atoms. The van der Waals surface area contributed by atoms with Crippen LogP contribution in [-0.2, 0) is 9.47 Å². The van der Waals surface area contributed by atoms with Gasteiger partial charge in [0.05, 0.1) is 6.61 Å². The van der Waals surface area contributed by atoms with Gasteiger partial charge in [-0.25, -0.2) is 0 Å². The third-order valence-corrected chi connectivity index (χ3v) is 4.76. The van der Waals surface area contributed by atoms with Crippen molar-refractivity contribution in [2.45, 2.75) is 59.2 Å². The first-order valence-corrected chi connectivity index (χ1v) is 9.19. The van der Waals surface area contributed by atoms with Gasteiger partial charge in [0.1, 0.15) is 0 Å². The molecule has 1 unspecified atom stereocenters. The molecule has 2 heteroatoms. The topological polar surface area (TPSA) is 18.5 Å². The SMILES string of the molecule is CC1=C(/C=C/C=C/C=C/C=C/COC2CCCO2)C(C)(C)CCC1. The highest BCUT2D eigenvalue weighted by Crippen LogP contribution is 2.40. The Bertz CT molecular complexity index is 526. The zero-order chi connectivity index (χ0) is 17.3. The van der Waals surface area contributed by atoms with E-state index in [0.717, 1.165) is 19.4 Å². The maximum atomic E-state index is 5.57. The van der Waals surface area contributed by atoms with E-state index in [0.29, 0.717) is 12.0 Å². The van der Waals surface area contributed by atoms with E-state index in [1.165, 1.54) is 24.8 Å². The fraction of sp³-hybridized carbons (Fsp3) is 0.545. The minimum Gasteiger partial charge on any atom is -0.353 e. The summed E-state index contributed by atoms with van der Waals surface area (Å²) in [6, 6.07) is 0. The van der Waals surface area contributed by atoms with Crippen LogP contribution in [0.3, 0.4) is 0 Å². The van der Waals surface area contributed by atoms with Gasteiger partial charge < -0.3 is 9.47 Å². The van der Waals surface area contributed by atoms with Crippen LogP contribution < -0.4 is 0 Å². The molecule has 0 aromatic rings. The molecule has 1 atom stereocenters. The summed E-state index contributed by atoms with van der Waals surface area (Å²) >= 11 is 0. The third-order valence-electron chi connectivity index (χ3n) is 4.76. The maximum Gasteiger partial charge on any atom is 0.158 e. The molecule has 0 aromatic heterocycles. The Labute approximate surface area is 147 Å². The van der Waals surface area contributed by atoms with Gasteiger partial charge in [0.15, 0.2) is 6.29 Å². The molecule has 0 amide bonds. The van der Waals surface area contributed by atoms with Crippen molar-refractivity contribution in [3.8, 4) is 0 Å². The number of hydrogen-bond donors (Lipinski definition) is 0. The Morgan fingerprint density at radius 1 is 1.08 bits per heavy atom. The van der Waals surface area contributed by atoms with Gasteiger partial charge in [0.25, 0.3) is 0 Å². The van der Waals surface area contributed by atoms with Gasteiger partial charge in [-0.15, -0.1) is 0 Å². The molecule has 0 aromatic carbocycles. The predicted molar refractivity (Wildman–Crippen MR) is 102 cm³/mol. The summed E-state index contributed by atoms with van der Waals surface area (Å²) in [5.41, 5.74) is 3.36. The Hall–Kier alpha value is -1.38. The lowest BCUT2D eigenvalue weighted by Crippen LogP contribution is -2.18. The van der Waals surface area contributed by atoms with Crippen molar-refractivity contribution in [2.75, 3.05) is 13.2 Å². The second kappa shape index (κ2) is 9.80. The molecule has 1 aliphatic heterocycles. The molecular formula is C22H32O2. The van der Waals surface area contributed by atoms with Crippen molar-refractivity contribution < 1.29 is 9.47 Å². The van der Waals surface area contributed by atoms with E-state index >= 15 is 0 Å². The van der Waals surface area contributed by atoms with Crippen LogP contribution in [-0.4, -0.2) is 19.5 Å². The van der Waals surface area contributed by atoms with Crippen molar-refractivity contribution >= 4 is 0 Å². The molecule has 132 valence electrons. The first-order valence-electron chi connectivity index (χ1n) is 9.19. The lowest BCUT2D eigenvalue weighted by molar-refractivity contribution is -0.101. The second-order valence-electron chi connectivity index (χ2n) is 7.26. The highest BCUT2D eigenvalue weighted by atomic mass is 16.7. The Morgan fingerprint density at radius 2 is 1.83 bits per heavy atom. The van der Waals surface area contributed by atoms with Gasteiger partial charge in [0, 0.05) is 13.0 Å². The van der Waals surface area contributed by atoms with Gasteiger partial charge in [-0.2, -0.15) is 0 Å². The van der Waals surface area contributed by atoms with Crippen molar-refractivity contribution in [3.63, 3.8) is 0 Å². The van der Waals surface area contributed by atoms with E-state index in [2.05, 4.69) is 45.1 Å². The zero-order valence-electron chi connectivity index (χ0n) is 15.5. The van der Waals surface area contributed by atoms with Crippen LogP contribution in [0.2, 0.25) is 0 Å². The summed E-state index contributed by atoms with van der Waals surface area (Å²) in [5.74, 6) is 0. The summed E-state index contributed by atoms with van der Waals surface area (Å²) in [4.78, 5) is 0. The smallest absolute Gasteiger partial charge is 0.158 e. The zero-order valence-corrected chi connectivity index (χ0v) is 15.5. The average molecular weight is 328 g/mol. The predicted octanol–water partition coefficient (Wildman–Crippen LogP) is 5.89. The Balaban J connectivity index is 1.69. The Kier molecular flexibility index (Phi) is 7.74. The van der Waals surface area contributed by atoms with Crippen LogP contribution in [0.1, 0.15) is 52.9 Å². The second-order valence-corrected chi connectivity index (χ2v) is 7.26. The Morgan fingerprint density at radius 3 is 2.54 bits per heavy atom. The normalized spacial score (nSPS) is 25.2. The molecule has 0 spiro atoms. The van der Waals surface area contributed by atoms with Crippen LogP contribution >= 0.6 is 0 Å². The number of ether oxygens (including phenoxy) is 2. The largest absolute Gasteiger partial charge is 0.353 e. The lowest BCUT2D eigenvalue weighted by Gasteiger charge is -2.32. The van der Waals surface area contributed by atoms with Gasteiger partial charge in [0.2, 0.25) is 0 Å². The fourth-order valence-electron chi connectivity index (χ4n) is 3.40. The highest BCUT2D eigenvalue weighted by molar-refractivity contribution is 5.34. The van der Waals surface area contributed by atoms with Crippen LogP contribution in [0.5, 0.6) is 0 Å².